The van der Waals surface area contributed by atoms with Crippen LogP contribution in [0.1, 0.15) is 17.4 Å². The molecule has 0 amide bonds. The van der Waals surface area contributed by atoms with Gasteiger partial charge in [0, 0.05) is 11.3 Å². The van der Waals surface area contributed by atoms with E-state index in [9.17, 15) is 18.3 Å². The Balaban J connectivity index is 2.53. The zero-order valence-corrected chi connectivity index (χ0v) is 7.85. The number of aliphatic hydroxyl groups is 2. The maximum atomic E-state index is 11.9. The summed E-state index contributed by atoms with van der Waals surface area (Å²) in [6.07, 6.45) is -9.12. The average molecular weight is 226 g/mol. The molecule has 0 aliphatic rings. The highest BCUT2D eigenvalue weighted by atomic mass is 32.1. The second-order valence-corrected chi connectivity index (χ2v) is 3.80. The Labute approximate surface area is 82.6 Å². The van der Waals surface area contributed by atoms with Crippen LogP contribution in [0, 0.1) is 0 Å². The lowest BCUT2D eigenvalue weighted by molar-refractivity contribution is -0.211. The van der Waals surface area contributed by atoms with E-state index in [-0.39, 0.29) is 0 Å². The molecule has 1 rings (SSSR count). The Morgan fingerprint density at radius 2 is 2.00 bits per heavy atom. The third-order valence-corrected chi connectivity index (χ3v) is 2.67. The Morgan fingerprint density at radius 3 is 2.43 bits per heavy atom. The third kappa shape index (κ3) is 2.97. The fourth-order valence-corrected chi connectivity index (χ4v) is 1.67. The van der Waals surface area contributed by atoms with Gasteiger partial charge in [0.25, 0.3) is 0 Å². The van der Waals surface area contributed by atoms with Crippen molar-refractivity contribution >= 4 is 11.3 Å². The molecule has 1 aromatic rings. The summed E-state index contributed by atoms with van der Waals surface area (Å²) in [4.78, 5) is 0.424. The molecule has 2 nitrogen and oxygen atoms in total. The summed E-state index contributed by atoms with van der Waals surface area (Å²) in [5.74, 6) is 0. The average Bonchev–Trinajstić information content (AvgIpc) is 2.53. The fraction of sp³-hybridized carbons (Fsp3) is 0.500. The van der Waals surface area contributed by atoms with Gasteiger partial charge in [0.05, 0.1) is 6.10 Å². The van der Waals surface area contributed by atoms with E-state index in [1.54, 1.807) is 11.4 Å². The van der Waals surface area contributed by atoms with Crippen LogP contribution in [0.25, 0.3) is 0 Å². The molecule has 0 saturated heterocycles. The quantitative estimate of drug-likeness (QED) is 0.828. The van der Waals surface area contributed by atoms with Crippen LogP contribution in [0.2, 0.25) is 0 Å². The topological polar surface area (TPSA) is 40.5 Å². The summed E-state index contributed by atoms with van der Waals surface area (Å²) in [7, 11) is 0. The molecule has 2 atom stereocenters. The number of hydrogen-bond acceptors (Lipinski definition) is 3. The number of aliphatic hydroxyl groups excluding tert-OH is 2. The van der Waals surface area contributed by atoms with E-state index in [1.165, 1.54) is 6.07 Å². The Bertz CT molecular complexity index is 271. The summed E-state index contributed by atoms with van der Waals surface area (Å²) in [5.41, 5.74) is 0. The van der Waals surface area contributed by atoms with E-state index >= 15 is 0 Å². The summed E-state index contributed by atoms with van der Waals surface area (Å²) in [5, 5.41) is 19.6. The van der Waals surface area contributed by atoms with Crippen LogP contribution >= 0.6 is 11.3 Å². The maximum Gasteiger partial charge on any atom is 0.414 e. The lowest BCUT2D eigenvalue weighted by Crippen LogP contribution is -2.30. The lowest BCUT2D eigenvalue weighted by Gasteiger charge is -2.17. The van der Waals surface area contributed by atoms with Gasteiger partial charge in [0.15, 0.2) is 6.10 Å². The zero-order chi connectivity index (χ0) is 10.8. The van der Waals surface area contributed by atoms with Crippen LogP contribution in [0.3, 0.4) is 0 Å². The molecule has 0 fully saturated rings. The molecule has 0 radical (unpaired) electrons. The molecule has 0 bridgehead atoms. The first-order valence-electron chi connectivity index (χ1n) is 3.87. The molecule has 1 aromatic heterocycles. The van der Waals surface area contributed by atoms with Gasteiger partial charge in [-0.3, -0.25) is 0 Å². The van der Waals surface area contributed by atoms with E-state index in [0.29, 0.717) is 4.88 Å². The summed E-state index contributed by atoms with van der Waals surface area (Å²) in [6.45, 7) is 0. The minimum Gasteiger partial charge on any atom is -0.387 e. The van der Waals surface area contributed by atoms with E-state index in [2.05, 4.69) is 0 Å². The normalized spacial score (nSPS) is 16.6. The SMILES string of the molecule is O[C@@H](C[C@H](O)C(F)(F)F)c1cccs1. The molecule has 80 valence electrons. The smallest absolute Gasteiger partial charge is 0.387 e. The molecular formula is C8H9F3O2S. The first-order chi connectivity index (χ1) is 6.41. The molecule has 0 aliphatic carbocycles. The van der Waals surface area contributed by atoms with E-state index in [4.69, 9.17) is 5.11 Å². The largest absolute Gasteiger partial charge is 0.414 e. The van der Waals surface area contributed by atoms with Crippen molar-refractivity contribution in [3.63, 3.8) is 0 Å². The number of alkyl halides is 3. The van der Waals surface area contributed by atoms with Crippen LogP contribution < -0.4 is 0 Å². The standard InChI is InChI=1S/C8H9F3O2S/c9-8(10,11)7(13)4-5(12)6-2-1-3-14-6/h1-3,5,7,12-13H,4H2/t5-,7-/m0/s1. The highest BCUT2D eigenvalue weighted by molar-refractivity contribution is 7.10. The van der Waals surface area contributed by atoms with Crippen LogP contribution in [0.5, 0.6) is 0 Å². The van der Waals surface area contributed by atoms with Crippen molar-refractivity contribution < 1.29 is 23.4 Å². The Kier molecular flexibility index (Phi) is 3.52. The van der Waals surface area contributed by atoms with Crippen molar-refractivity contribution in [3.05, 3.63) is 22.4 Å². The molecule has 1 heterocycles. The molecular weight excluding hydrogens is 217 g/mol. The minimum atomic E-state index is -4.67. The second kappa shape index (κ2) is 4.29. The summed E-state index contributed by atoms with van der Waals surface area (Å²) >= 11 is 1.16. The van der Waals surface area contributed by atoms with Gasteiger partial charge in [-0.05, 0) is 11.4 Å². The second-order valence-electron chi connectivity index (χ2n) is 2.82. The van der Waals surface area contributed by atoms with Crippen molar-refractivity contribution in [1.29, 1.82) is 0 Å². The number of hydrogen-bond donors (Lipinski definition) is 2. The van der Waals surface area contributed by atoms with Gasteiger partial charge in [0.2, 0.25) is 0 Å². The van der Waals surface area contributed by atoms with Crippen molar-refractivity contribution in [2.45, 2.75) is 24.8 Å². The Morgan fingerprint density at radius 1 is 1.36 bits per heavy atom. The highest BCUT2D eigenvalue weighted by Gasteiger charge is 2.39. The lowest BCUT2D eigenvalue weighted by atomic mass is 10.1. The van der Waals surface area contributed by atoms with Gasteiger partial charge in [-0.1, -0.05) is 6.07 Å². The molecule has 6 heteroatoms. The summed E-state index contributed by atoms with van der Waals surface area (Å²) < 4.78 is 35.7. The fourth-order valence-electron chi connectivity index (χ4n) is 0.942. The molecule has 0 saturated carbocycles. The van der Waals surface area contributed by atoms with Crippen molar-refractivity contribution in [2.24, 2.45) is 0 Å². The van der Waals surface area contributed by atoms with Gasteiger partial charge < -0.3 is 10.2 Å². The van der Waals surface area contributed by atoms with Gasteiger partial charge in [-0.25, -0.2) is 0 Å². The molecule has 0 unspecified atom stereocenters. The van der Waals surface area contributed by atoms with Gasteiger partial charge in [-0.15, -0.1) is 11.3 Å². The monoisotopic (exact) mass is 226 g/mol. The molecule has 2 N–H and O–H groups in total. The van der Waals surface area contributed by atoms with Crippen molar-refractivity contribution in [2.75, 3.05) is 0 Å². The van der Waals surface area contributed by atoms with E-state index in [1.807, 2.05) is 0 Å². The number of rotatable bonds is 3. The summed E-state index contributed by atoms with van der Waals surface area (Å²) in [6, 6.07) is 3.15. The maximum absolute atomic E-state index is 11.9. The van der Waals surface area contributed by atoms with Crippen molar-refractivity contribution in [3.8, 4) is 0 Å². The first-order valence-corrected chi connectivity index (χ1v) is 4.75. The van der Waals surface area contributed by atoms with E-state index < -0.39 is 24.8 Å². The molecule has 0 aliphatic heterocycles. The van der Waals surface area contributed by atoms with E-state index in [0.717, 1.165) is 11.3 Å². The number of thiophene rings is 1. The van der Waals surface area contributed by atoms with Crippen LogP contribution in [0.4, 0.5) is 13.2 Å². The number of halogens is 3. The third-order valence-electron chi connectivity index (χ3n) is 1.70. The van der Waals surface area contributed by atoms with Gasteiger partial charge >= 0.3 is 6.18 Å². The molecule has 0 aromatic carbocycles. The zero-order valence-electron chi connectivity index (χ0n) is 7.03. The first kappa shape index (κ1) is 11.5. The molecule has 0 spiro atoms. The predicted molar refractivity (Wildman–Crippen MR) is 46.0 cm³/mol. The Hall–Kier alpha value is -0.590. The predicted octanol–water partition coefficient (Wildman–Crippen LogP) is 2.09. The highest BCUT2D eigenvalue weighted by Crippen LogP contribution is 2.29. The van der Waals surface area contributed by atoms with Gasteiger partial charge in [0.1, 0.15) is 0 Å². The van der Waals surface area contributed by atoms with Crippen LogP contribution in [0.15, 0.2) is 17.5 Å². The van der Waals surface area contributed by atoms with Crippen molar-refractivity contribution in [1.82, 2.24) is 0 Å². The molecule has 14 heavy (non-hydrogen) atoms. The van der Waals surface area contributed by atoms with Crippen LogP contribution in [-0.4, -0.2) is 22.5 Å². The van der Waals surface area contributed by atoms with Gasteiger partial charge in [-0.2, -0.15) is 13.2 Å². The van der Waals surface area contributed by atoms with Crippen LogP contribution in [-0.2, 0) is 0 Å². The minimum absolute atomic E-state index is 0.424.